The van der Waals surface area contributed by atoms with Crippen molar-refractivity contribution >= 4 is 29.4 Å². The summed E-state index contributed by atoms with van der Waals surface area (Å²) in [6, 6.07) is 0. The lowest BCUT2D eigenvalue weighted by atomic mass is 10.4. The quantitative estimate of drug-likeness (QED) is 0.559. The van der Waals surface area contributed by atoms with Gasteiger partial charge in [0.1, 0.15) is 0 Å². The first-order valence-corrected chi connectivity index (χ1v) is 3.10. The highest BCUT2D eigenvalue weighted by atomic mass is 79.9. The van der Waals surface area contributed by atoms with Crippen LogP contribution in [0.2, 0.25) is 0 Å². The molecule has 0 saturated heterocycles. The molecule has 0 bridgehead atoms. The summed E-state index contributed by atoms with van der Waals surface area (Å²) in [5.41, 5.74) is 0. The third-order valence-electron chi connectivity index (χ3n) is 0.487. The van der Waals surface area contributed by atoms with E-state index in [1.54, 1.807) is 0 Å². The van der Waals surface area contributed by atoms with E-state index in [1.165, 1.54) is 12.8 Å². The Morgan fingerprint density at radius 1 is 1.50 bits per heavy atom. The van der Waals surface area contributed by atoms with Crippen molar-refractivity contribution in [3.8, 4) is 0 Å². The number of unbranched alkanes of at least 4 members (excludes halogenated alkanes) is 1. The number of rotatable bonds is 2. The maximum Gasteiger partial charge on any atom is 0.00312 e. The van der Waals surface area contributed by atoms with Crippen molar-refractivity contribution < 1.29 is 0 Å². The minimum absolute atomic E-state index is 0. The Balaban J connectivity index is 0. The molecule has 0 aliphatic carbocycles. The third-order valence-corrected chi connectivity index (χ3v) is 1.05. The Morgan fingerprint density at radius 2 is 2.00 bits per heavy atom. The van der Waals surface area contributed by atoms with Crippen molar-refractivity contribution in [1.29, 1.82) is 0 Å². The molecule has 0 N–H and O–H groups in total. The van der Waals surface area contributed by atoms with Gasteiger partial charge in [-0.25, -0.2) is 0 Å². The standard InChI is InChI=1S/C4H9Br.H2S/c1-2-3-4-5;/h2-4H2,1H3;1H2. The second kappa shape index (κ2) is 9.27. The summed E-state index contributed by atoms with van der Waals surface area (Å²) in [6.07, 6.45) is 2.60. The van der Waals surface area contributed by atoms with Gasteiger partial charge in [-0.2, -0.15) is 13.5 Å². The Hall–Kier alpha value is 0.830. The van der Waals surface area contributed by atoms with Gasteiger partial charge in [0.25, 0.3) is 0 Å². The zero-order valence-corrected chi connectivity index (χ0v) is 6.59. The van der Waals surface area contributed by atoms with Crippen molar-refractivity contribution in [3.05, 3.63) is 0 Å². The molecule has 0 spiro atoms. The van der Waals surface area contributed by atoms with Gasteiger partial charge in [0.15, 0.2) is 0 Å². The zero-order chi connectivity index (χ0) is 4.12. The van der Waals surface area contributed by atoms with Crippen LogP contribution in [-0.4, -0.2) is 5.33 Å². The first kappa shape index (κ1) is 9.95. The maximum absolute atomic E-state index is 3.31. The van der Waals surface area contributed by atoms with Crippen LogP contribution in [0.4, 0.5) is 0 Å². The Morgan fingerprint density at radius 3 is 2.00 bits per heavy atom. The fourth-order valence-corrected chi connectivity index (χ4v) is 0.694. The minimum Gasteiger partial charge on any atom is -0.197 e. The molecule has 0 atom stereocenters. The lowest BCUT2D eigenvalue weighted by Crippen LogP contribution is -1.64. The highest BCUT2D eigenvalue weighted by Gasteiger charge is 1.69. The molecule has 0 aromatic rings. The molecular weight excluding hydrogens is 160 g/mol. The zero-order valence-electron chi connectivity index (χ0n) is 4.00. The molecule has 40 valence electrons. The molecule has 0 aromatic heterocycles. The fourth-order valence-electron chi connectivity index (χ4n) is 0.134. The average Bonchev–Trinajstić information content (AvgIpc) is 1.41. The SMILES string of the molecule is CCCCBr.S. The topological polar surface area (TPSA) is 0 Å². The molecule has 2 heteroatoms. The van der Waals surface area contributed by atoms with Crippen LogP contribution in [0.15, 0.2) is 0 Å². The smallest absolute Gasteiger partial charge is 0.00312 e. The molecule has 0 rings (SSSR count). The predicted octanol–water partition coefficient (Wildman–Crippen LogP) is 2.29. The highest BCUT2D eigenvalue weighted by Crippen LogP contribution is 1.89. The monoisotopic (exact) mass is 170 g/mol. The van der Waals surface area contributed by atoms with E-state index in [0.717, 1.165) is 5.33 Å². The molecule has 0 nitrogen and oxygen atoms in total. The Labute approximate surface area is 54.9 Å². The van der Waals surface area contributed by atoms with E-state index in [-0.39, 0.29) is 13.5 Å². The van der Waals surface area contributed by atoms with Gasteiger partial charge in [0.2, 0.25) is 0 Å². The first-order chi connectivity index (χ1) is 2.41. The van der Waals surface area contributed by atoms with Gasteiger partial charge in [-0.15, -0.1) is 0 Å². The molecule has 0 aliphatic rings. The van der Waals surface area contributed by atoms with Crippen molar-refractivity contribution in [3.63, 3.8) is 0 Å². The van der Waals surface area contributed by atoms with Crippen LogP contribution in [0, 0.1) is 0 Å². The summed E-state index contributed by atoms with van der Waals surface area (Å²) in [6.45, 7) is 2.18. The fraction of sp³-hybridized carbons (Fsp3) is 1.00. The summed E-state index contributed by atoms with van der Waals surface area (Å²) in [5.74, 6) is 0. The summed E-state index contributed by atoms with van der Waals surface area (Å²) in [4.78, 5) is 0. The van der Waals surface area contributed by atoms with Gasteiger partial charge in [-0.05, 0) is 6.42 Å². The molecule has 0 amide bonds. The van der Waals surface area contributed by atoms with Crippen LogP contribution < -0.4 is 0 Å². The van der Waals surface area contributed by atoms with Crippen LogP contribution in [-0.2, 0) is 0 Å². The van der Waals surface area contributed by atoms with Gasteiger partial charge < -0.3 is 0 Å². The van der Waals surface area contributed by atoms with Gasteiger partial charge in [-0.3, -0.25) is 0 Å². The number of hydrogen-bond acceptors (Lipinski definition) is 0. The number of alkyl halides is 1. The molecule has 0 saturated carbocycles. The van der Waals surface area contributed by atoms with E-state index < -0.39 is 0 Å². The lowest BCUT2D eigenvalue weighted by Gasteiger charge is -1.77. The Kier molecular flexibility index (Phi) is 15.4. The van der Waals surface area contributed by atoms with E-state index in [0.29, 0.717) is 0 Å². The Bertz CT molecular complexity index is 15.0. The second-order valence-corrected chi connectivity index (χ2v) is 1.84. The van der Waals surface area contributed by atoms with Crippen LogP contribution in [0.25, 0.3) is 0 Å². The number of halogens is 1. The molecule has 0 heterocycles. The van der Waals surface area contributed by atoms with Gasteiger partial charge in [0.05, 0.1) is 0 Å². The molecule has 0 unspecified atom stereocenters. The molecule has 0 aliphatic heterocycles. The van der Waals surface area contributed by atoms with Crippen molar-refractivity contribution in [2.45, 2.75) is 19.8 Å². The predicted molar refractivity (Wildman–Crippen MR) is 39.1 cm³/mol. The van der Waals surface area contributed by atoms with E-state index in [4.69, 9.17) is 0 Å². The molecule has 0 radical (unpaired) electrons. The molecule has 0 fully saturated rings. The lowest BCUT2D eigenvalue weighted by molar-refractivity contribution is 0.902. The molecule has 0 aromatic carbocycles. The molecule has 6 heavy (non-hydrogen) atoms. The maximum atomic E-state index is 3.31. The van der Waals surface area contributed by atoms with E-state index in [1.807, 2.05) is 0 Å². The summed E-state index contributed by atoms with van der Waals surface area (Å²) in [5, 5.41) is 1.16. The summed E-state index contributed by atoms with van der Waals surface area (Å²) >= 11 is 3.31. The van der Waals surface area contributed by atoms with Gasteiger partial charge in [0, 0.05) is 5.33 Å². The first-order valence-electron chi connectivity index (χ1n) is 1.97. The van der Waals surface area contributed by atoms with Gasteiger partial charge in [-0.1, -0.05) is 29.3 Å². The second-order valence-electron chi connectivity index (χ2n) is 1.04. The average molecular weight is 171 g/mol. The van der Waals surface area contributed by atoms with Crippen LogP contribution >= 0.6 is 29.4 Å². The summed E-state index contributed by atoms with van der Waals surface area (Å²) < 4.78 is 0. The highest BCUT2D eigenvalue weighted by molar-refractivity contribution is 9.09. The van der Waals surface area contributed by atoms with E-state index >= 15 is 0 Å². The minimum atomic E-state index is 0. The largest absolute Gasteiger partial charge is 0.197 e. The van der Waals surface area contributed by atoms with Crippen molar-refractivity contribution in [1.82, 2.24) is 0 Å². The van der Waals surface area contributed by atoms with Gasteiger partial charge >= 0.3 is 0 Å². The van der Waals surface area contributed by atoms with Crippen LogP contribution in [0.3, 0.4) is 0 Å². The van der Waals surface area contributed by atoms with E-state index in [2.05, 4.69) is 22.9 Å². The van der Waals surface area contributed by atoms with Crippen LogP contribution in [0.5, 0.6) is 0 Å². The molecular formula is C4H11BrS. The van der Waals surface area contributed by atoms with E-state index in [9.17, 15) is 0 Å². The van der Waals surface area contributed by atoms with Crippen molar-refractivity contribution in [2.24, 2.45) is 0 Å². The van der Waals surface area contributed by atoms with Crippen molar-refractivity contribution in [2.75, 3.05) is 5.33 Å². The summed E-state index contributed by atoms with van der Waals surface area (Å²) in [7, 11) is 0. The number of hydrogen-bond donors (Lipinski definition) is 0. The normalized spacial score (nSPS) is 7.00. The van der Waals surface area contributed by atoms with Crippen LogP contribution in [0.1, 0.15) is 19.8 Å². The third kappa shape index (κ3) is 8.85.